The number of nitrogens with one attached hydrogen (secondary N) is 2. The summed E-state index contributed by atoms with van der Waals surface area (Å²) in [5.41, 5.74) is 10.3. The van der Waals surface area contributed by atoms with Crippen molar-refractivity contribution in [3.8, 4) is 0 Å². The Kier molecular flexibility index (Phi) is 3.32. The van der Waals surface area contributed by atoms with E-state index in [4.69, 9.17) is 11.5 Å². The summed E-state index contributed by atoms with van der Waals surface area (Å²) in [7, 11) is 0. The number of hydrogen-bond acceptors (Lipinski definition) is 5. The Balaban J connectivity index is 2.16. The second kappa shape index (κ2) is 4.51. The predicted molar refractivity (Wildman–Crippen MR) is 52.6 cm³/mol. The van der Waals surface area contributed by atoms with Crippen molar-refractivity contribution < 1.29 is 4.79 Å². The van der Waals surface area contributed by atoms with Crippen molar-refractivity contribution in [3.05, 3.63) is 6.20 Å². The van der Waals surface area contributed by atoms with E-state index in [0.717, 1.165) is 5.13 Å². The zero-order valence-electron chi connectivity index (χ0n) is 6.91. The molecule has 1 aromatic heterocycles. The number of thiazole rings is 1. The first kappa shape index (κ1) is 9.59. The van der Waals surface area contributed by atoms with E-state index in [2.05, 4.69) is 15.6 Å². The Hall–Kier alpha value is -1.50. The van der Waals surface area contributed by atoms with Gasteiger partial charge in [0.15, 0.2) is 5.13 Å². The van der Waals surface area contributed by atoms with E-state index in [1.54, 1.807) is 6.20 Å². The molecular weight excluding hydrogens is 190 g/mol. The van der Waals surface area contributed by atoms with Crippen molar-refractivity contribution in [1.29, 1.82) is 0 Å². The number of rotatable bonds is 4. The number of nitrogens with two attached hydrogens (primary N) is 2. The summed E-state index contributed by atoms with van der Waals surface area (Å²) in [6.07, 6.45) is 1.58. The second-order valence-corrected chi connectivity index (χ2v) is 3.35. The van der Waals surface area contributed by atoms with Crippen molar-refractivity contribution in [2.75, 3.05) is 24.1 Å². The summed E-state index contributed by atoms with van der Waals surface area (Å²) in [4.78, 5) is 14.2. The number of aromatic nitrogens is 1. The predicted octanol–water partition coefficient (Wildman–Crippen LogP) is -0.195. The Morgan fingerprint density at radius 3 is 2.92 bits per heavy atom. The minimum absolute atomic E-state index is 0.467. The highest BCUT2D eigenvalue weighted by atomic mass is 32.1. The molecule has 0 atom stereocenters. The fourth-order valence-electron chi connectivity index (χ4n) is 0.723. The monoisotopic (exact) mass is 201 g/mol. The molecule has 0 aliphatic rings. The van der Waals surface area contributed by atoms with E-state index in [-0.39, 0.29) is 0 Å². The first-order chi connectivity index (χ1) is 6.18. The average Bonchev–Trinajstić information content (AvgIpc) is 2.45. The molecule has 0 radical (unpaired) electrons. The summed E-state index contributed by atoms with van der Waals surface area (Å²) in [5, 5.41) is 6.82. The van der Waals surface area contributed by atoms with Crippen LogP contribution in [0.4, 0.5) is 14.9 Å². The maximum atomic E-state index is 10.3. The largest absolute Gasteiger partial charge is 0.389 e. The van der Waals surface area contributed by atoms with Crippen LogP contribution in [0, 0.1) is 0 Å². The Morgan fingerprint density at radius 1 is 1.62 bits per heavy atom. The van der Waals surface area contributed by atoms with E-state index < -0.39 is 6.03 Å². The molecule has 6 nitrogen and oxygen atoms in total. The van der Waals surface area contributed by atoms with Crippen LogP contribution in [0.25, 0.3) is 0 Å². The quantitative estimate of drug-likeness (QED) is 0.506. The first-order valence-electron chi connectivity index (χ1n) is 3.67. The zero-order valence-corrected chi connectivity index (χ0v) is 7.73. The van der Waals surface area contributed by atoms with Crippen molar-refractivity contribution in [2.24, 2.45) is 5.73 Å². The standard InChI is InChI=1S/C6H11N5OS/c7-4-3-11-6(13-4)10-2-1-9-5(8)12/h3H,1-2,7H2,(H,10,11)(H3,8,9,12). The minimum atomic E-state index is -0.527. The molecule has 7 heteroatoms. The van der Waals surface area contributed by atoms with Crippen molar-refractivity contribution in [1.82, 2.24) is 10.3 Å². The van der Waals surface area contributed by atoms with Gasteiger partial charge in [-0.25, -0.2) is 9.78 Å². The van der Waals surface area contributed by atoms with Gasteiger partial charge in [-0.1, -0.05) is 11.3 Å². The number of nitrogen functional groups attached to an aromatic ring is 1. The third-order valence-electron chi connectivity index (χ3n) is 1.22. The van der Waals surface area contributed by atoms with Gasteiger partial charge in [0.1, 0.15) is 5.00 Å². The number of anilines is 2. The lowest BCUT2D eigenvalue weighted by Crippen LogP contribution is -2.33. The number of amides is 2. The van der Waals surface area contributed by atoms with E-state index in [9.17, 15) is 4.79 Å². The molecule has 1 aromatic rings. The van der Waals surface area contributed by atoms with Gasteiger partial charge in [0, 0.05) is 13.1 Å². The zero-order chi connectivity index (χ0) is 9.68. The van der Waals surface area contributed by atoms with Gasteiger partial charge in [0.05, 0.1) is 6.20 Å². The summed E-state index contributed by atoms with van der Waals surface area (Å²) >= 11 is 1.36. The molecule has 0 saturated carbocycles. The smallest absolute Gasteiger partial charge is 0.312 e. The van der Waals surface area contributed by atoms with Gasteiger partial charge >= 0.3 is 6.03 Å². The highest BCUT2D eigenvalue weighted by Gasteiger charge is 1.97. The Morgan fingerprint density at radius 2 is 2.38 bits per heavy atom. The fraction of sp³-hybridized carbons (Fsp3) is 0.333. The minimum Gasteiger partial charge on any atom is -0.389 e. The van der Waals surface area contributed by atoms with Gasteiger partial charge < -0.3 is 22.1 Å². The van der Waals surface area contributed by atoms with E-state index in [1.807, 2.05) is 0 Å². The molecule has 0 aliphatic carbocycles. The molecule has 0 bridgehead atoms. The van der Waals surface area contributed by atoms with Crippen LogP contribution in [0.5, 0.6) is 0 Å². The summed E-state index contributed by atoms with van der Waals surface area (Å²) < 4.78 is 0. The van der Waals surface area contributed by atoms with Crippen LogP contribution >= 0.6 is 11.3 Å². The highest BCUT2D eigenvalue weighted by Crippen LogP contribution is 2.18. The third kappa shape index (κ3) is 3.61. The van der Waals surface area contributed by atoms with Gasteiger partial charge in [0.25, 0.3) is 0 Å². The van der Waals surface area contributed by atoms with Crippen LogP contribution in [-0.4, -0.2) is 24.1 Å². The van der Waals surface area contributed by atoms with Crippen molar-refractivity contribution in [3.63, 3.8) is 0 Å². The summed E-state index contributed by atoms with van der Waals surface area (Å²) in [6.45, 7) is 1.05. The number of urea groups is 1. The van der Waals surface area contributed by atoms with E-state index >= 15 is 0 Å². The molecule has 0 aromatic carbocycles. The lowest BCUT2D eigenvalue weighted by Gasteiger charge is -2.01. The number of carbonyl (C=O) groups is 1. The van der Waals surface area contributed by atoms with E-state index in [1.165, 1.54) is 11.3 Å². The molecule has 0 aliphatic heterocycles. The molecule has 0 fully saturated rings. The molecule has 0 unspecified atom stereocenters. The molecule has 72 valence electrons. The molecule has 0 spiro atoms. The number of hydrogen-bond donors (Lipinski definition) is 4. The molecule has 1 rings (SSSR count). The lowest BCUT2D eigenvalue weighted by molar-refractivity contribution is 0.249. The van der Waals surface area contributed by atoms with Crippen LogP contribution in [0.15, 0.2) is 6.20 Å². The van der Waals surface area contributed by atoms with Crippen molar-refractivity contribution in [2.45, 2.75) is 0 Å². The number of nitrogens with zero attached hydrogens (tertiary/aromatic N) is 1. The second-order valence-electron chi connectivity index (χ2n) is 2.29. The average molecular weight is 201 g/mol. The van der Waals surface area contributed by atoms with Gasteiger partial charge in [0.2, 0.25) is 0 Å². The summed E-state index contributed by atoms with van der Waals surface area (Å²) in [6, 6.07) is -0.527. The molecule has 6 N–H and O–H groups in total. The topological polar surface area (TPSA) is 106 Å². The number of carbonyl (C=O) groups excluding carboxylic acids is 1. The third-order valence-corrected chi connectivity index (χ3v) is 2.01. The van der Waals surface area contributed by atoms with Gasteiger partial charge in [-0.15, -0.1) is 0 Å². The van der Waals surface area contributed by atoms with Crippen molar-refractivity contribution >= 4 is 27.5 Å². The van der Waals surface area contributed by atoms with Gasteiger partial charge in [-0.05, 0) is 0 Å². The molecule has 1 heterocycles. The molecule has 2 amide bonds. The normalized spacial score (nSPS) is 9.54. The van der Waals surface area contributed by atoms with Crippen LogP contribution in [-0.2, 0) is 0 Å². The number of primary amides is 1. The van der Waals surface area contributed by atoms with Crippen LogP contribution in [0.1, 0.15) is 0 Å². The van der Waals surface area contributed by atoms with Gasteiger partial charge in [-0.2, -0.15) is 0 Å². The SMILES string of the molecule is NC(=O)NCCNc1ncc(N)s1. The Labute approximate surface area is 79.3 Å². The van der Waals surface area contributed by atoms with Crippen LogP contribution in [0.3, 0.4) is 0 Å². The highest BCUT2D eigenvalue weighted by molar-refractivity contribution is 7.19. The molecule has 0 saturated heterocycles. The maximum Gasteiger partial charge on any atom is 0.312 e. The van der Waals surface area contributed by atoms with Crippen LogP contribution < -0.4 is 22.1 Å². The lowest BCUT2D eigenvalue weighted by atomic mass is 10.6. The maximum absolute atomic E-state index is 10.3. The summed E-state index contributed by atoms with van der Waals surface area (Å²) in [5.74, 6) is 0. The molecular formula is C6H11N5OS. The van der Waals surface area contributed by atoms with Crippen LogP contribution in [0.2, 0.25) is 0 Å². The Bertz CT molecular complexity index is 286. The molecule has 13 heavy (non-hydrogen) atoms. The van der Waals surface area contributed by atoms with E-state index in [0.29, 0.717) is 18.1 Å². The van der Waals surface area contributed by atoms with Gasteiger partial charge in [-0.3, -0.25) is 0 Å². The first-order valence-corrected chi connectivity index (χ1v) is 4.48. The fourth-order valence-corrected chi connectivity index (χ4v) is 1.33.